The van der Waals surface area contributed by atoms with Gasteiger partial charge in [0.1, 0.15) is 0 Å². The van der Waals surface area contributed by atoms with E-state index in [1.165, 1.54) is 23.1 Å². The van der Waals surface area contributed by atoms with Crippen molar-refractivity contribution in [2.45, 2.75) is 11.1 Å². The zero-order valence-electron chi connectivity index (χ0n) is 14.8. The van der Waals surface area contributed by atoms with Gasteiger partial charge in [0.05, 0.1) is 10.5 Å². The number of halogens is 5. The van der Waals surface area contributed by atoms with E-state index >= 15 is 0 Å². The molecule has 11 heteroatoms. The van der Waals surface area contributed by atoms with Crippen molar-refractivity contribution in [2.24, 2.45) is 0 Å². The number of carbonyl (C=O) groups is 1. The molecule has 2 aromatic carbocycles. The summed E-state index contributed by atoms with van der Waals surface area (Å²) in [6.07, 6.45) is -4.64. The number of piperazine rings is 1. The van der Waals surface area contributed by atoms with Gasteiger partial charge < -0.3 is 4.90 Å². The highest BCUT2D eigenvalue weighted by molar-refractivity contribution is 7.89. The Morgan fingerprint density at radius 2 is 1.52 bits per heavy atom. The lowest BCUT2D eigenvalue weighted by Crippen LogP contribution is -2.50. The summed E-state index contributed by atoms with van der Waals surface area (Å²) in [5.41, 5.74) is -0.762. The molecule has 1 aliphatic rings. The summed E-state index contributed by atoms with van der Waals surface area (Å²) in [5, 5.41) is 0.596. The van der Waals surface area contributed by atoms with Crippen LogP contribution in [0.25, 0.3) is 0 Å². The molecule has 1 heterocycles. The molecule has 1 amide bonds. The smallest absolute Gasteiger partial charge is 0.336 e. The molecule has 0 bridgehead atoms. The third-order valence-electron chi connectivity index (χ3n) is 4.43. The average Bonchev–Trinajstić information content (AvgIpc) is 2.66. The van der Waals surface area contributed by atoms with Gasteiger partial charge in [-0.1, -0.05) is 29.3 Å². The van der Waals surface area contributed by atoms with Gasteiger partial charge in [0.15, 0.2) is 0 Å². The van der Waals surface area contributed by atoms with Crippen LogP contribution in [0.1, 0.15) is 15.9 Å². The van der Waals surface area contributed by atoms with E-state index in [2.05, 4.69) is 0 Å². The van der Waals surface area contributed by atoms with Crippen molar-refractivity contribution in [3.05, 3.63) is 63.6 Å². The van der Waals surface area contributed by atoms with E-state index in [0.29, 0.717) is 16.1 Å². The topological polar surface area (TPSA) is 57.7 Å². The Hall–Kier alpha value is -1.81. The van der Waals surface area contributed by atoms with Crippen molar-refractivity contribution >= 4 is 39.1 Å². The summed E-state index contributed by atoms with van der Waals surface area (Å²) >= 11 is 11.8. The standard InChI is InChI=1S/C18H15Cl2F3N2O3S/c19-14-8-12(9-15(20)11-14)17(26)24-4-6-25(7-5-24)29(27,28)16-3-1-2-13(10-16)18(21,22)23/h1-3,8-11H,4-7H2. The fourth-order valence-corrected chi connectivity index (χ4v) is 4.97. The predicted octanol–water partition coefficient (Wildman–Crippen LogP) is 4.16. The first kappa shape index (κ1) is 21.9. The average molecular weight is 467 g/mol. The maximum Gasteiger partial charge on any atom is 0.416 e. The Balaban J connectivity index is 1.74. The third kappa shape index (κ3) is 4.85. The van der Waals surface area contributed by atoms with Crippen LogP contribution in [0.4, 0.5) is 13.2 Å². The van der Waals surface area contributed by atoms with Crippen LogP contribution in [0.5, 0.6) is 0 Å². The fraction of sp³-hybridized carbons (Fsp3) is 0.278. The molecule has 0 spiro atoms. The predicted molar refractivity (Wildman–Crippen MR) is 103 cm³/mol. The third-order valence-corrected chi connectivity index (χ3v) is 6.77. The van der Waals surface area contributed by atoms with Gasteiger partial charge >= 0.3 is 6.18 Å². The monoisotopic (exact) mass is 466 g/mol. The van der Waals surface area contributed by atoms with Gasteiger partial charge in [-0.3, -0.25) is 4.79 Å². The highest BCUT2D eigenvalue weighted by atomic mass is 35.5. The first-order chi connectivity index (χ1) is 13.5. The Morgan fingerprint density at radius 3 is 2.07 bits per heavy atom. The van der Waals surface area contributed by atoms with Crippen LogP contribution < -0.4 is 0 Å². The van der Waals surface area contributed by atoms with Gasteiger partial charge in [-0.05, 0) is 36.4 Å². The van der Waals surface area contributed by atoms with Crippen LogP contribution in [0.15, 0.2) is 47.4 Å². The van der Waals surface area contributed by atoms with Gasteiger partial charge in [-0.15, -0.1) is 0 Å². The lowest BCUT2D eigenvalue weighted by Gasteiger charge is -2.34. The Labute approximate surface area is 175 Å². The molecule has 0 N–H and O–H groups in total. The summed E-state index contributed by atoms with van der Waals surface area (Å²) in [7, 11) is -4.12. The van der Waals surface area contributed by atoms with Gasteiger partial charge in [0.2, 0.25) is 10.0 Å². The maximum atomic E-state index is 12.9. The molecule has 3 rings (SSSR count). The molecule has 5 nitrogen and oxygen atoms in total. The molecule has 29 heavy (non-hydrogen) atoms. The van der Waals surface area contributed by atoms with Gasteiger partial charge in [0.25, 0.3) is 5.91 Å². The van der Waals surface area contributed by atoms with E-state index in [9.17, 15) is 26.4 Å². The number of hydrogen-bond donors (Lipinski definition) is 0. The van der Waals surface area contributed by atoms with Gasteiger partial charge in [-0.2, -0.15) is 17.5 Å². The molecule has 0 aliphatic carbocycles. The molecule has 0 atom stereocenters. The van der Waals surface area contributed by atoms with Crippen LogP contribution in [-0.4, -0.2) is 49.7 Å². The number of benzene rings is 2. The van der Waals surface area contributed by atoms with Crippen LogP contribution in [-0.2, 0) is 16.2 Å². The first-order valence-corrected chi connectivity index (χ1v) is 10.6. The number of carbonyl (C=O) groups excluding carboxylic acids is 1. The van der Waals surface area contributed by atoms with Crippen LogP contribution >= 0.6 is 23.2 Å². The molecule has 0 saturated carbocycles. The number of alkyl halides is 3. The van der Waals surface area contributed by atoms with E-state index in [-0.39, 0.29) is 37.6 Å². The van der Waals surface area contributed by atoms with E-state index in [4.69, 9.17) is 23.2 Å². The Kier molecular flexibility index (Phi) is 6.14. The Morgan fingerprint density at radius 1 is 0.931 bits per heavy atom. The first-order valence-electron chi connectivity index (χ1n) is 8.41. The molecular formula is C18H15Cl2F3N2O3S. The van der Waals surface area contributed by atoms with Crippen molar-refractivity contribution in [2.75, 3.05) is 26.2 Å². The second-order valence-corrected chi connectivity index (χ2v) is 9.19. The largest absolute Gasteiger partial charge is 0.416 e. The minimum atomic E-state index is -4.64. The molecule has 2 aromatic rings. The summed E-state index contributed by atoms with van der Waals surface area (Å²) in [4.78, 5) is 13.6. The second-order valence-electron chi connectivity index (χ2n) is 6.38. The number of amides is 1. The summed E-state index contributed by atoms with van der Waals surface area (Å²) in [6.45, 7) is 0.0829. The molecule has 156 valence electrons. The number of hydrogen-bond acceptors (Lipinski definition) is 3. The van der Waals surface area contributed by atoms with Crippen LogP contribution in [0.2, 0.25) is 10.0 Å². The zero-order chi connectivity index (χ0) is 21.4. The van der Waals surface area contributed by atoms with E-state index in [1.807, 2.05) is 0 Å². The molecule has 1 saturated heterocycles. The lowest BCUT2D eigenvalue weighted by molar-refractivity contribution is -0.137. The fourth-order valence-electron chi connectivity index (χ4n) is 2.97. The molecule has 0 aromatic heterocycles. The van der Waals surface area contributed by atoms with Crippen molar-refractivity contribution in [3.8, 4) is 0 Å². The highest BCUT2D eigenvalue weighted by Crippen LogP contribution is 2.31. The maximum absolute atomic E-state index is 12.9. The number of nitrogens with zero attached hydrogens (tertiary/aromatic N) is 2. The minimum Gasteiger partial charge on any atom is -0.336 e. The molecule has 0 radical (unpaired) electrons. The summed E-state index contributed by atoms with van der Waals surface area (Å²) in [6, 6.07) is 8.00. The molecule has 1 fully saturated rings. The quantitative estimate of drug-likeness (QED) is 0.682. The SMILES string of the molecule is O=C(c1cc(Cl)cc(Cl)c1)N1CCN(S(=O)(=O)c2cccc(C(F)(F)F)c2)CC1. The normalized spacial score (nSPS) is 16.1. The van der Waals surface area contributed by atoms with Crippen molar-refractivity contribution in [1.82, 2.24) is 9.21 Å². The summed E-state index contributed by atoms with van der Waals surface area (Å²) < 4.78 is 65.2. The van der Waals surface area contributed by atoms with Gasteiger partial charge in [-0.25, -0.2) is 8.42 Å². The van der Waals surface area contributed by atoms with Gasteiger partial charge in [0, 0.05) is 41.8 Å². The number of sulfonamides is 1. The molecule has 1 aliphatic heterocycles. The summed E-state index contributed by atoms with van der Waals surface area (Å²) in [5.74, 6) is -0.356. The minimum absolute atomic E-state index is 0.0430. The Bertz CT molecular complexity index is 1020. The number of rotatable bonds is 3. The highest BCUT2D eigenvalue weighted by Gasteiger charge is 2.34. The van der Waals surface area contributed by atoms with Crippen molar-refractivity contribution in [1.29, 1.82) is 0 Å². The zero-order valence-corrected chi connectivity index (χ0v) is 17.1. The van der Waals surface area contributed by atoms with E-state index < -0.39 is 26.7 Å². The lowest BCUT2D eigenvalue weighted by atomic mass is 10.2. The molecular weight excluding hydrogens is 452 g/mol. The van der Waals surface area contributed by atoms with Crippen LogP contribution in [0.3, 0.4) is 0 Å². The second kappa shape index (κ2) is 8.14. The van der Waals surface area contributed by atoms with Crippen LogP contribution in [0, 0.1) is 0 Å². The van der Waals surface area contributed by atoms with E-state index in [1.54, 1.807) is 0 Å². The van der Waals surface area contributed by atoms with Crippen molar-refractivity contribution < 1.29 is 26.4 Å². The molecule has 0 unspecified atom stereocenters. The van der Waals surface area contributed by atoms with Crippen molar-refractivity contribution in [3.63, 3.8) is 0 Å². The van der Waals surface area contributed by atoms with E-state index in [0.717, 1.165) is 22.5 Å².